The molecule has 0 fully saturated rings. The molecule has 2 aromatic carbocycles. The molecule has 0 bridgehead atoms. The van der Waals surface area contributed by atoms with Gasteiger partial charge in [0.1, 0.15) is 11.5 Å². The van der Waals surface area contributed by atoms with Crippen LogP contribution in [0, 0.1) is 0 Å². The molecule has 2 rings (SSSR count). The lowest BCUT2D eigenvalue weighted by Crippen LogP contribution is -2.36. The summed E-state index contributed by atoms with van der Waals surface area (Å²) >= 11 is 5.89. The third-order valence-corrected chi connectivity index (χ3v) is 4.02. The molecule has 0 saturated carbocycles. The largest absolute Gasteiger partial charge is 0.497 e. The monoisotopic (exact) mass is 362 g/mol. The van der Waals surface area contributed by atoms with Gasteiger partial charge in [0, 0.05) is 11.6 Å². The molecule has 25 heavy (non-hydrogen) atoms. The van der Waals surface area contributed by atoms with E-state index in [9.17, 15) is 4.79 Å². The Bertz CT molecular complexity index is 689. The number of hydrogen-bond donors (Lipinski definition) is 1. The number of benzene rings is 2. The van der Waals surface area contributed by atoms with Gasteiger partial charge in [-0.05, 0) is 50.0 Å². The van der Waals surface area contributed by atoms with Crippen molar-refractivity contribution in [1.29, 1.82) is 0 Å². The van der Waals surface area contributed by atoms with Gasteiger partial charge in [-0.25, -0.2) is 0 Å². The van der Waals surface area contributed by atoms with Gasteiger partial charge in [0.25, 0.3) is 5.91 Å². The zero-order valence-corrected chi connectivity index (χ0v) is 15.4. The number of carbonyl (C=O) groups is 1. The Balaban J connectivity index is 1.88. The van der Waals surface area contributed by atoms with Crippen molar-refractivity contribution in [2.45, 2.75) is 6.04 Å². The zero-order chi connectivity index (χ0) is 18.2. The first-order chi connectivity index (χ1) is 12.0. The number of methoxy groups -OCH3 is 1. The molecule has 1 unspecified atom stereocenters. The average Bonchev–Trinajstić information content (AvgIpc) is 2.60. The molecule has 0 aliphatic carbocycles. The fourth-order valence-electron chi connectivity index (χ4n) is 2.39. The first-order valence-corrected chi connectivity index (χ1v) is 8.33. The summed E-state index contributed by atoms with van der Waals surface area (Å²) < 4.78 is 10.6. The fourth-order valence-corrected chi connectivity index (χ4v) is 2.57. The maximum Gasteiger partial charge on any atom is 0.258 e. The first-order valence-electron chi connectivity index (χ1n) is 7.95. The zero-order valence-electron chi connectivity index (χ0n) is 14.7. The Hall–Kier alpha value is -2.24. The van der Waals surface area contributed by atoms with Crippen molar-refractivity contribution in [3.63, 3.8) is 0 Å². The highest BCUT2D eigenvalue weighted by Gasteiger charge is 2.15. The van der Waals surface area contributed by atoms with Crippen LogP contribution in [0.5, 0.6) is 11.5 Å². The molecule has 1 amide bonds. The molecule has 1 N–H and O–H groups in total. The second kappa shape index (κ2) is 9.30. The minimum atomic E-state index is -0.180. The summed E-state index contributed by atoms with van der Waals surface area (Å²) in [6, 6.07) is 14.9. The van der Waals surface area contributed by atoms with Crippen LogP contribution in [0.4, 0.5) is 0 Å². The van der Waals surface area contributed by atoms with E-state index in [4.69, 9.17) is 21.1 Å². The van der Waals surface area contributed by atoms with Crippen LogP contribution in [-0.2, 0) is 4.79 Å². The molecule has 0 heterocycles. The van der Waals surface area contributed by atoms with Gasteiger partial charge in [0.15, 0.2) is 6.61 Å². The molecule has 5 nitrogen and oxygen atoms in total. The van der Waals surface area contributed by atoms with Crippen molar-refractivity contribution in [2.75, 3.05) is 34.4 Å². The Kier molecular flexibility index (Phi) is 7.10. The van der Waals surface area contributed by atoms with E-state index in [2.05, 4.69) is 10.2 Å². The summed E-state index contributed by atoms with van der Waals surface area (Å²) in [5.41, 5.74) is 1.10. The van der Waals surface area contributed by atoms with Crippen molar-refractivity contribution in [3.05, 3.63) is 59.1 Å². The van der Waals surface area contributed by atoms with E-state index in [0.717, 1.165) is 11.3 Å². The number of likely N-dealkylation sites (N-methyl/N-ethyl adjacent to an activating group) is 1. The van der Waals surface area contributed by atoms with Crippen molar-refractivity contribution in [2.24, 2.45) is 0 Å². The van der Waals surface area contributed by atoms with Gasteiger partial charge in [-0.2, -0.15) is 0 Å². The Morgan fingerprint density at radius 1 is 1.16 bits per heavy atom. The van der Waals surface area contributed by atoms with Crippen molar-refractivity contribution in [3.8, 4) is 11.5 Å². The average molecular weight is 363 g/mol. The summed E-state index contributed by atoms with van der Waals surface area (Å²) in [5, 5.41) is 3.48. The van der Waals surface area contributed by atoms with E-state index in [1.165, 1.54) is 0 Å². The second-order valence-electron chi connectivity index (χ2n) is 5.80. The van der Waals surface area contributed by atoms with Gasteiger partial charge >= 0.3 is 0 Å². The van der Waals surface area contributed by atoms with Gasteiger partial charge < -0.3 is 19.7 Å². The highest BCUT2D eigenvalue weighted by Crippen LogP contribution is 2.21. The number of rotatable bonds is 8. The molecule has 0 spiro atoms. The normalized spacial score (nSPS) is 11.9. The second-order valence-corrected chi connectivity index (χ2v) is 6.24. The van der Waals surface area contributed by atoms with E-state index in [1.807, 2.05) is 38.4 Å². The molecule has 0 aromatic heterocycles. The summed E-state index contributed by atoms with van der Waals surface area (Å²) in [6.45, 7) is 0.431. The molecule has 0 saturated heterocycles. The topological polar surface area (TPSA) is 50.8 Å². The van der Waals surface area contributed by atoms with Crippen LogP contribution in [0.2, 0.25) is 5.02 Å². The van der Waals surface area contributed by atoms with Gasteiger partial charge in [0.2, 0.25) is 0 Å². The predicted molar refractivity (Wildman–Crippen MR) is 99.4 cm³/mol. The van der Waals surface area contributed by atoms with Crippen LogP contribution in [0.3, 0.4) is 0 Å². The SMILES string of the molecule is COc1ccc(C(CNC(=O)COc2cccc(Cl)c2)N(C)C)cc1. The Morgan fingerprint density at radius 2 is 1.88 bits per heavy atom. The van der Waals surface area contributed by atoms with E-state index in [1.54, 1.807) is 31.4 Å². The highest BCUT2D eigenvalue weighted by atomic mass is 35.5. The lowest BCUT2D eigenvalue weighted by molar-refractivity contribution is -0.123. The standard InChI is InChI=1S/C19H23ClN2O3/c1-22(2)18(14-7-9-16(24-3)10-8-14)12-21-19(23)13-25-17-6-4-5-15(20)11-17/h4-11,18H,12-13H2,1-3H3,(H,21,23). The lowest BCUT2D eigenvalue weighted by Gasteiger charge is -2.25. The molecular weight excluding hydrogens is 340 g/mol. The minimum Gasteiger partial charge on any atom is -0.497 e. The van der Waals surface area contributed by atoms with Crippen LogP contribution in [0.15, 0.2) is 48.5 Å². The van der Waals surface area contributed by atoms with Gasteiger partial charge in [-0.15, -0.1) is 0 Å². The Morgan fingerprint density at radius 3 is 2.48 bits per heavy atom. The molecule has 1 atom stereocenters. The predicted octanol–water partition coefficient (Wildman–Crippen LogP) is 3.15. The number of nitrogens with one attached hydrogen (secondary N) is 1. The molecule has 6 heteroatoms. The third kappa shape index (κ3) is 5.96. The molecule has 0 aliphatic heterocycles. The number of halogens is 1. The quantitative estimate of drug-likeness (QED) is 0.783. The summed E-state index contributed by atoms with van der Waals surface area (Å²) in [7, 11) is 5.59. The molecular formula is C19H23ClN2O3. The number of nitrogens with zero attached hydrogens (tertiary/aromatic N) is 1. The van der Waals surface area contributed by atoms with Crippen molar-refractivity contribution >= 4 is 17.5 Å². The molecule has 0 radical (unpaired) electrons. The van der Waals surface area contributed by atoms with Crippen LogP contribution < -0.4 is 14.8 Å². The number of hydrogen-bond acceptors (Lipinski definition) is 4. The lowest BCUT2D eigenvalue weighted by atomic mass is 10.1. The van der Waals surface area contributed by atoms with E-state index >= 15 is 0 Å². The summed E-state index contributed by atoms with van der Waals surface area (Å²) in [4.78, 5) is 14.1. The number of amides is 1. The summed E-state index contributed by atoms with van der Waals surface area (Å²) in [5.74, 6) is 1.20. The van der Waals surface area contributed by atoms with Crippen LogP contribution in [-0.4, -0.2) is 45.2 Å². The molecule has 134 valence electrons. The number of ether oxygens (including phenoxy) is 2. The maximum absolute atomic E-state index is 12.1. The fraction of sp³-hybridized carbons (Fsp3) is 0.316. The molecule has 2 aromatic rings. The first kappa shape index (κ1) is 19.1. The van der Waals surface area contributed by atoms with Crippen molar-refractivity contribution in [1.82, 2.24) is 10.2 Å². The molecule has 0 aliphatic rings. The van der Waals surface area contributed by atoms with Gasteiger partial charge in [-0.1, -0.05) is 29.8 Å². The van der Waals surface area contributed by atoms with E-state index in [-0.39, 0.29) is 18.6 Å². The van der Waals surface area contributed by atoms with Crippen LogP contribution >= 0.6 is 11.6 Å². The number of carbonyl (C=O) groups excluding carboxylic acids is 1. The van der Waals surface area contributed by atoms with Crippen molar-refractivity contribution < 1.29 is 14.3 Å². The summed E-state index contributed by atoms with van der Waals surface area (Å²) in [6.07, 6.45) is 0. The van der Waals surface area contributed by atoms with Crippen LogP contribution in [0.1, 0.15) is 11.6 Å². The van der Waals surface area contributed by atoms with Gasteiger partial charge in [-0.3, -0.25) is 4.79 Å². The Labute approximate surface area is 153 Å². The maximum atomic E-state index is 12.1. The minimum absolute atomic E-state index is 0.0525. The highest BCUT2D eigenvalue weighted by molar-refractivity contribution is 6.30. The smallest absolute Gasteiger partial charge is 0.258 e. The van der Waals surface area contributed by atoms with Crippen LogP contribution in [0.25, 0.3) is 0 Å². The third-order valence-electron chi connectivity index (χ3n) is 3.78. The van der Waals surface area contributed by atoms with E-state index < -0.39 is 0 Å². The van der Waals surface area contributed by atoms with E-state index in [0.29, 0.717) is 17.3 Å². The van der Waals surface area contributed by atoms with Gasteiger partial charge in [0.05, 0.1) is 13.2 Å².